The number of carbonyl (C=O) groups is 1. The summed E-state index contributed by atoms with van der Waals surface area (Å²) < 4.78 is 5.74. The summed E-state index contributed by atoms with van der Waals surface area (Å²) in [6.07, 6.45) is 6.34. The summed E-state index contributed by atoms with van der Waals surface area (Å²) in [4.78, 5) is 11.1. The Morgan fingerprint density at radius 3 is 2.71 bits per heavy atom. The first-order chi connectivity index (χ1) is 10.0. The van der Waals surface area contributed by atoms with Crippen molar-refractivity contribution >= 4 is 5.97 Å². The predicted molar refractivity (Wildman–Crippen MR) is 82.7 cm³/mol. The normalized spacial score (nSPS) is 16.9. The molecule has 21 heavy (non-hydrogen) atoms. The fourth-order valence-electron chi connectivity index (χ4n) is 2.81. The molecule has 1 aliphatic rings. The van der Waals surface area contributed by atoms with Crippen LogP contribution in [0.2, 0.25) is 0 Å². The number of ether oxygens (including phenoxy) is 1. The predicted octanol–water partition coefficient (Wildman–Crippen LogP) is 2.92. The van der Waals surface area contributed by atoms with Crippen molar-refractivity contribution in [3.05, 3.63) is 29.3 Å². The molecule has 0 bridgehead atoms. The molecule has 0 aromatic heterocycles. The molecule has 1 unspecified atom stereocenters. The van der Waals surface area contributed by atoms with Crippen molar-refractivity contribution in [2.24, 2.45) is 5.73 Å². The lowest BCUT2D eigenvalue weighted by molar-refractivity contribution is -0.143. The van der Waals surface area contributed by atoms with E-state index in [2.05, 4.69) is 12.1 Å². The highest BCUT2D eigenvalue weighted by Crippen LogP contribution is 2.25. The molecule has 0 heterocycles. The largest absolute Gasteiger partial charge is 0.494 e. The topological polar surface area (TPSA) is 72.5 Å². The Balaban J connectivity index is 1.82. The third-order valence-corrected chi connectivity index (χ3v) is 4.41. The molecule has 2 rings (SSSR count). The van der Waals surface area contributed by atoms with E-state index < -0.39 is 11.5 Å². The number of hydrogen-bond donors (Lipinski definition) is 2. The summed E-state index contributed by atoms with van der Waals surface area (Å²) in [5, 5.41) is 9.12. The van der Waals surface area contributed by atoms with Gasteiger partial charge in [-0.05, 0) is 68.2 Å². The SMILES string of the molecule is CCC(N)(CCCOc1ccc2c(c1)CCCC2)C(=O)O. The fraction of sp³-hybridized carbons (Fsp3) is 0.588. The zero-order valence-corrected chi connectivity index (χ0v) is 12.7. The van der Waals surface area contributed by atoms with Gasteiger partial charge in [-0.2, -0.15) is 0 Å². The Morgan fingerprint density at radius 2 is 2.05 bits per heavy atom. The number of carboxylic acid groups (broad SMARTS) is 1. The lowest BCUT2D eigenvalue weighted by Crippen LogP contribution is -2.47. The first kappa shape index (κ1) is 15.8. The van der Waals surface area contributed by atoms with Crippen molar-refractivity contribution in [3.63, 3.8) is 0 Å². The number of benzene rings is 1. The molecule has 0 fully saturated rings. The van der Waals surface area contributed by atoms with E-state index in [4.69, 9.17) is 15.6 Å². The Morgan fingerprint density at radius 1 is 1.33 bits per heavy atom. The molecule has 0 spiro atoms. The average molecular weight is 291 g/mol. The molecule has 1 aromatic rings. The van der Waals surface area contributed by atoms with Crippen LogP contribution in [0.1, 0.15) is 50.2 Å². The number of aliphatic carboxylic acids is 1. The second-order valence-corrected chi connectivity index (χ2v) is 5.90. The van der Waals surface area contributed by atoms with E-state index in [0.717, 1.165) is 12.2 Å². The van der Waals surface area contributed by atoms with Crippen molar-refractivity contribution in [1.29, 1.82) is 0 Å². The molecule has 0 amide bonds. The van der Waals surface area contributed by atoms with E-state index >= 15 is 0 Å². The van der Waals surface area contributed by atoms with Crippen LogP contribution < -0.4 is 10.5 Å². The standard InChI is InChI=1S/C17H25NO3/c1-2-17(18,16(19)20)10-5-11-21-15-9-8-13-6-3-4-7-14(13)12-15/h8-9,12H,2-7,10-11,18H2,1H3,(H,19,20). The van der Waals surface area contributed by atoms with Gasteiger partial charge in [-0.15, -0.1) is 0 Å². The Labute approximate surface area is 126 Å². The van der Waals surface area contributed by atoms with Crippen LogP contribution in [0.5, 0.6) is 5.75 Å². The van der Waals surface area contributed by atoms with Crippen molar-refractivity contribution in [2.45, 2.75) is 57.4 Å². The van der Waals surface area contributed by atoms with Crippen LogP contribution in [-0.4, -0.2) is 23.2 Å². The molecule has 1 aromatic carbocycles. The highest BCUT2D eigenvalue weighted by atomic mass is 16.5. The Bertz CT molecular complexity index is 501. The molecule has 0 radical (unpaired) electrons. The molecule has 1 aliphatic carbocycles. The van der Waals surface area contributed by atoms with Gasteiger partial charge < -0.3 is 15.6 Å². The number of rotatable bonds is 7. The van der Waals surface area contributed by atoms with Gasteiger partial charge in [0.1, 0.15) is 11.3 Å². The lowest BCUT2D eigenvalue weighted by Gasteiger charge is -2.22. The number of carboxylic acids is 1. The van der Waals surface area contributed by atoms with Crippen LogP contribution in [-0.2, 0) is 17.6 Å². The third-order valence-electron chi connectivity index (χ3n) is 4.41. The molecule has 0 aliphatic heterocycles. The monoisotopic (exact) mass is 291 g/mol. The van der Waals surface area contributed by atoms with Gasteiger partial charge in [-0.25, -0.2) is 0 Å². The number of aryl methyl sites for hydroxylation is 2. The van der Waals surface area contributed by atoms with Gasteiger partial charge in [0.25, 0.3) is 0 Å². The molecular weight excluding hydrogens is 266 g/mol. The molecule has 0 saturated carbocycles. The minimum Gasteiger partial charge on any atom is -0.494 e. The summed E-state index contributed by atoms with van der Waals surface area (Å²) in [5.41, 5.74) is 7.56. The lowest BCUT2D eigenvalue weighted by atomic mass is 9.91. The maximum atomic E-state index is 11.1. The van der Waals surface area contributed by atoms with Gasteiger partial charge in [0, 0.05) is 0 Å². The van der Waals surface area contributed by atoms with Gasteiger partial charge in [0.15, 0.2) is 0 Å². The molecule has 116 valence electrons. The van der Waals surface area contributed by atoms with Crippen molar-refractivity contribution in [3.8, 4) is 5.75 Å². The minimum absolute atomic E-state index is 0.432. The minimum atomic E-state index is -1.13. The van der Waals surface area contributed by atoms with Crippen LogP contribution in [0.15, 0.2) is 18.2 Å². The van der Waals surface area contributed by atoms with Gasteiger partial charge in [0.2, 0.25) is 0 Å². The van der Waals surface area contributed by atoms with Gasteiger partial charge in [-0.1, -0.05) is 13.0 Å². The molecular formula is C17H25NO3. The molecule has 3 N–H and O–H groups in total. The van der Waals surface area contributed by atoms with E-state index in [1.54, 1.807) is 6.92 Å². The van der Waals surface area contributed by atoms with Crippen LogP contribution in [0.3, 0.4) is 0 Å². The number of nitrogens with two attached hydrogens (primary N) is 1. The molecule has 0 saturated heterocycles. The van der Waals surface area contributed by atoms with E-state index in [1.807, 2.05) is 6.07 Å². The van der Waals surface area contributed by atoms with Crippen molar-refractivity contribution in [2.75, 3.05) is 6.61 Å². The second-order valence-electron chi connectivity index (χ2n) is 5.90. The first-order valence-corrected chi connectivity index (χ1v) is 7.82. The van der Waals surface area contributed by atoms with Crippen molar-refractivity contribution < 1.29 is 14.6 Å². The van der Waals surface area contributed by atoms with Crippen LogP contribution in [0.4, 0.5) is 0 Å². The Kier molecular flexibility index (Phi) is 5.23. The third kappa shape index (κ3) is 3.97. The van der Waals surface area contributed by atoms with Crippen LogP contribution in [0.25, 0.3) is 0 Å². The van der Waals surface area contributed by atoms with Gasteiger partial charge >= 0.3 is 5.97 Å². The Hall–Kier alpha value is -1.55. The number of hydrogen-bond acceptors (Lipinski definition) is 3. The maximum absolute atomic E-state index is 11.1. The van der Waals surface area contributed by atoms with Crippen LogP contribution >= 0.6 is 0 Å². The van der Waals surface area contributed by atoms with Gasteiger partial charge in [-0.3, -0.25) is 4.79 Å². The fourth-order valence-corrected chi connectivity index (χ4v) is 2.81. The van der Waals surface area contributed by atoms with Crippen molar-refractivity contribution in [1.82, 2.24) is 0 Å². The molecule has 1 atom stereocenters. The zero-order chi connectivity index (χ0) is 15.3. The second kappa shape index (κ2) is 6.94. The van der Waals surface area contributed by atoms with E-state index in [1.165, 1.54) is 30.4 Å². The highest BCUT2D eigenvalue weighted by molar-refractivity contribution is 5.78. The average Bonchev–Trinajstić information content (AvgIpc) is 2.51. The van der Waals surface area contributed by atoms with Crippen LogP contribution in [0, 0.1) is 0 Å². The summed E-state index contributed by atoms with van der Waals surface area (Å²) in [5.74, 6) is -0.0520. The number of fused-ring (bicyclic) bond motifs is 1. The smallest absolute Gasteiger partial charge is 0.323 e. The molecule has 4 heteroatoms. The maximum Gasteiger partial charge on any atom is 0.323 e. The van der Waals surface area contributed by atoms with Gasteiger partial charge in [0.05, 0.1) is 6.61 Å². The molecule has 4 nitrogen and oxygen atoms in total. The van der Waals surface area contributed by atoms with E-state index in [9.17, 15) is 4.79 Å². The summed E-state index contributed by atoms with van der Waals surface area (Å²) in [7, 11) is 0. The van der Waals surface area contributed by atoms with E-state index in [-0.39, 0.29) is 0 Å². The zero-order valence-electron chi connectivity index (χ0n) is 12.7. The summed E-state index contributed by atoms with van der Waals surface area (Å²) in [6, 6.07) is 6.29. The quantitative estimate of drug-likeness (QED) is 0.758. The first-order valence-electron chi connectivity index (χ1n) is 7.82. The highest BCUT2D eigenvalue weighted by Gasteiger charge is 2.30. The van der Waals surface area contributed by atoms with E-state index in [0.29, 0.717) is 25.9 Å². The summed E-state index contributed by atoms with van der Waals surface area (Å²) in [6.45, 7) is 2.31. The summed E-state index contributed by atoms with van der Waals surface area (Å²) >= 11 is 0.